The second-order valence-electron chi connectivity index (χ2n) is 8.76. The van der Waals surface area contributed by atoms with Crippen molar-refractivity contribution in [1.29, 1.82) is 0 Å². The number of carbonyl (C=O) groups excluding carboxylic acids is 1. The van der Waals surface area contributed by atoms with Crippen LogP contribution in [0.1, 0.15) is 21.5 Å². The summed E-state index contributed by atoms with van der Waals surface area (Å²) in [6, 6.07) is 30.0. The first-order chi connectivity index (χ1) is 18.8. The fraction of sp³-hybridized carbons (Fsp3) is 0.0938. The van der Waals surface area contributed by atoms with Gasteiger partial charge in [0.2, 0.25) is 0 Å². The molecule has 39 heavy (non-hydrogen) atoms. The van der Waals surface area contributed by atoms with Crippen LogP contribution in [0.2, 0.25) is 0 Å². The van der Waals surface area contributed by atoms with Crippen LogP contribution in [0.5, 0.6) is 17.2 Å². The third kappa shape index (κ3) is 5.72. The van der Waals surface area contributed by atoms with Gasteiger partial charge in [0.1, 0.15) is 23.9 Å². The van der Waals surface area contributed by atoms with E-state index in [1.165, 1.54) is 31.4 Å². The molecule has 0 aliphatic carbocycles. The Hall–Kier alpha value is -4.78. The van der Waals surface area contributed by atoms with E-state index in [9.17, 15) is 18.0 Å². The number of halogens is 3. The summed E-state index contributed by atoms with van der Waals surface area (Å²) in [5.74, 6) is 0.333. The Kier molecular flexibility index (Phi) is 7.23. The lowest BCUT2D eigenvalue weighted by atomic mass is 9.93. The van der Waals surface area contributed by atoms with Crippen molar-refractivity contribution in [3.8, 4) is 28.4 Å². The molecule has 0 atom stereocenters. The monoisotopic (exact) mass is 528 g/mol. The molecule has 0 unspecified atom stereocenters. The molecule has 4 nitrogen and oxygen atoms in total. The molecule has 0 aliphatic rings. The van der Waals surface area contributed by atoms with Crippen LogP contribution in [0.25, 0.3) is 21.9 Å². The van der Waals surface area contributed by atoms with Crippen LogP contribution in [-0.2, 0) is 17.5 Å². The molecule has 7 heteroatoms. The summed E-state index contributed by atoms with van der Waals surface area (Å²) in [7, 11) is 1.27. The molecule has 0 amide bonds. The second-order valence-corrected chi connectivity index (χ2v) is 8.76. The Bertz CT molecular complexity index is 1590. The highest BCUT2D eigenvalue weighted by Gasteiger charge is 2.36. The molecule has 5 aromatic rings. The molecule has 0 spiro atoms. The standard InChI is InChI=1S/C32H23F3O4/c1-37-31(36)23-13-17-26(18-14-23)39-30-27-10-6-5-9-24(27)19-28(32(33,34)35)29(30)22-11-15-25(16-12-22)38-20-21-7-3-2-4-8-21/h2-19H,20H2,1H3. The van der Waals surface area contributed by atoms with Crippen molar-refractivity contribution in [1.82, 2.24) is 0 Å². The molecule has 5 aromatic carbocycles. The molecule has 0 heterocycles. The third-order valence-electron chi connectivity index (χ3n) is 6.19. The van der Waals surface area contributed by atoms with Crippen LogP contribution in [0.3, 0.4) is 0 Å². The lowest BCUT2D eigenvalue weighted by Crippen LogP contribution is -2.09. The van der Waals surface area contributed by atoms with E-state index in [1.807, 2.05) is 30.3 Å². The van der Waals surface area contributed by atoms with Crippen molar-refractivity contribution >= 4 is 16.7 Å². The Balaban J connectivity index is 1.58. The Morgan fingerprint density at radius 1 is 0.769 bits per heavy atom. The van der Waals surface area contributed by atoms with Crippen LogP contribution in [0.15, 0.2) is 109 Å². The van der Waals surface area contributed by atoms with E-state index in [0.29, 0.717) is 34.3 Å². The normalized spacial score (nSPS) is 11.3. The van der Waals surface area contributed by atoms with E-state index in [2.05, 4.69) is 0 Å². The van der Waals surface area contributed by atoms with Gasteiger partial charge in [-0.3, -0.25) is 0 Å². The highest BCUT2D eigenvalue weighted by atomic mass is 19.4. The molecule has 0 aliphatic heterocycles. The largest absolute Gasteiger partial charge is 0.489 e. The topological polar surface area (TPSA) is 44.8 Å². The van der Waals surface area contributed by atoms with E-state index in [4.69, 9.17) is 14.2 Å². The number of methoxy groups -OCH3 is 1. The number of benzene rings is 5. The van der Waals surface area contributed by atoms with Crippen LogP contribution in [0, 0.1) is 0 Å². The number of ether oxygens (including phenoxy) is 3. The van der Waals surface area contributed by atoms with E-state index in [0.717, 1.165) is 11.6 Å². The van der Waals surface area contributed by atoms with Gasteiger partial charge in [0.25, 0.3) is 0 Å². The average Bonchev–Trinajstić information content (AvgIpc) is 2.96. The summed E-state index contributed by atoms with van der Waals surface area (Å²) in [5, 5.41) is 0.902. The van der Waals surface area contributed by atoms with Gasteiger partial charge >= 0.3 is 12.1 Å². The number of carbonyl (C=O) groups is 1. The minimum atomic E-state index is -4.64. The molecule has 0 N–H and O–H groups in total. The van der Waals surface area contributed by atoms with E-state index < -0.39 is 17.7 Å². The summed E-state index contributed by atoms with van der Waals surface area (Å²) in [6.07, 6.45) is -4.64. The summed E-state index contributed by atoms with van der Waals surface area (Å²) < 4.78 is 59.9. The van der Waals surface area contributed by atoms with Gasteiger partial charge in [-0.25, -0.2) is 4.79 Å². The fourth-order valence-electron chi connectivity index (χ4n) is 4.28. The smallest absolute Gasteiger partial charge is 0.417 e. The molecule has 0 saturated heterocycles. The maximum atomic E-state index is 14.4. The fourth-order valence-corrected chi connectivity index (χ4v) is 4.28. The van der Waals surface area contributed by atoms with Gasteiger partial charge < -0.3 is 14.2 Å². The molecule has 0 bridgehead atoms. The zero-order valence-electron chi connectivity index (χ0n) is 20.9. The summed E-state index contributed by atoms with van der Waals surface area (Å²) >= 11 is 0. The van der Waals surface area contributed by atoms with E-state index in [1.54, 1.807) is 48.5 Å². The Morgan fingerprint density at radius 2 is 1.41 bits per heavy atom. The van der Waals surface area contributed by atoms with Gasteiger partial charge in [0.15, 0.2) is 0 Å². The van der Waals surface area contributed by atoms with Crippen LogP contribution in [0.4, 0.5) is 13.2 Å². The Labute approximate surface area is 223 Å². The zero-order chi connectivity index (χ0) is 27.4. The minimum absolute atomic E-state index is 0.0594. The number of hydrogen-bond donors (Lipinski definition) is 0. The molecular weight excluding hydrogens is 505 g/mol. The van der Waals surface area contributed by atoms with Crippen LogP contribution < -0.4 is 9.47 Å². The third-order valence-corrected chi connectivity index (χ3v) is 6.19. The first kappa shape index (κ1) is 25.9. The lowest BCUT2D eigenvalue weighted by molar-refractivity contribution is -0.137. The predicted octanol–water partition coefficient (Wildman–Crippen LogP) is 8.68. The number of fused-ring (bicyclic) bond motifs is 1. The van der Waals surface area contributed by atoms with E-state index >= 15 is 0 Å². The SMILES string of the molecule is COC(=O)c1ccc(Oc2c(-c3ccc(OCc4ccccc4)cc3)c(C(F)(F)F)cc3ccccc23)cc1. The highest BCUT2D eigenvalue weighted by Crippen LogP contribution is 2.47. The predicted molar refractivity (Wildman–Crippen MR) is 143 cm³/mol. The molecule has 5 rings (SSSR count). The van der Waals surface area contributed by atoms with Crippen molar-refractivity contribution in [2.75, 3.05) is 7.11 Å². The number of hydrogen-bond acceptors (Lipinski definition) is 4. The van der Waals surface area contributed by atoms with Gasteiger partial charge in [-0.2, -0.15) is 13.2 Å². The van der Waals surface area contributed by atoms with Gasteiger partial charge in [-0.05, 0) is 59.0 Å². The maximum absolute atomic E-state index is 14.4. The van der Waals surface area contributed by atoms with Gasteiger partial charge in [0.05, 0.1) is 18.2 Å². The van der Waals surface area contributed by atoms with Crippen LogP contribution >= 0.6 is 0 Å². The molecule has 0 radical (unpaired) electrons. The average molecular weight is 529 g/mol. The zero-order valence-corrected chi connectivity index (χ0v) is 20.9. The van der Waals surface area contributed by atoms with Crippen molar-refractivity contribution < 1.29 is 32.2 Å². The Morgan fingerprint density at radius 3 is 2.08 bits per heavy atom. The number of esters is 1. The second kappa shape index (κ2) is 10.9. The molecular formula is C32H23F3O4. The van der Waals surface area contributed by atoms with Gasteiger partial charge in [-0.15, -0.1) is 0 Å². The van der Waals surface area contributed by atoms with Crippen molar-refractivity contribution in [3.05, 3.63) is 126 Å². The van der Waals surface area contributed by atoms with Crippen LogP contribution in [-0.4, -0.2) is 13.1 Å². The number of alkyl halides is 3. The first-order valence-corrected chi connectivity index (χ1v) is 12.1. The highest BCUT2D eigenvalue weighted by molar-refractivity contribution is 5.97. The first-order valence-electron chi connectivity index (χ1n) is 12.1. The van der Waals surface area contributed by atoms with Gasteiger partial charge in [-0.1, -0.05) is 66.7 Å². The quantitative estimate of drug-likeness (QED) is 0.198. The maximum Gasteiger partial charge on any atom is 0.417 e. The van der Waals surface area contributed by atoms with Crippen molar-refractivity contribution in [3.63, 3.8) is 0 Å². The number of rotatable bonds is 7. The summed E-state index contributed by atoms with van der Waals surface area (Å²) in [4.78, 5) is 11.8. The van der Waals surface area contributed by atoms with E-state index in [-0.39, 0.29) is 17.1 Å². The summed E-state index contributed by atoms with van der Waals surface area (Å²) in [5.41, 5.74) is 0.684. The van der Waals surface area contributed by atoms with Crippen molar-refractivity contribution in [2.24, 2.45) is 0 Å². The van der Waals surface area contributed by atoms with Gasteiger partial charge in [0, 0.05) is 10.9 Å². The molecule has 0 saturated carbocycles. The lowest BCUT2D eigenvalue weighted by Gasteiger charge is -2.20. The van der Waals surface area contributed by atoms with Crippen molar-refractivity contribution in [2.45, 2.75) is 12.8 Å². The summed E-state index contributed by atoms with van der Waals surface area (Å²) in [6.45, 7) is 0.333. The molecule has 0 aromatic heterocycles. The molecule has 0 fully saturated rings. The minimum Gasteiger partial charge on any atom is -0.489 e. The molecule has 196 valence electrons.